The number of halogens is 2. The summed E-state index contributed by atoms with van der Waals surface area (Å²) in [5.41, 5.74) is 0.766. The van der Waals surface area contributed by atoms with Crippen LogP contribution in [0.4, 0.5) is 14.5 Å². The van der Waals surface area contributed by atoms with Crippen LogP contribution in [0.25, 0.3) is 5.69 Å². The van der Waals surface area contributed by atoms with Gasteiger partial charge in [-0.05, 0) is 47.7 Å². The molecule has 25 heavy (non-hydrogen) atoms. The van der Waals surface area contributed by atoms with Gasteiger partial charge in [-0.3, -0.25) is 4.79 Å². The van der Waals surface area contributed by atoms with Crippen molar-refractivity contribution in [2.45, 2.75) is 6.92 Å². The highest BCUT2D eigenvalue weighted by Gasteiger charge is 2.14. The van der Waals surface area contributed by atoms with Crippen molar-refractivity contribution in [1.82, 2.24) is 20.2 Å². The van der Waals surface area contributed by atoms with E-state index >= 15 is 0 Å². The quantitative estimate of drug-likeness (QED) is 0.786. The Labute approximate surface area is 141 Å². The Morgan fingerprint density at radius 1 is 1.16 bits per heavy atom. The summed E-state index contributed by atoms with van der Waals surface area (Å²) in [5, 5.41) is 13.8. The topological polar surface area (TPSA) is 81.9 Å². The maximum Gasteiger partial charge on any atom is 0.255 e. The molecule has 0 aliphatic rings. The normalized spacial score (nSPS) is 10.6. The minimum absolute atomic E-state index is 0.131. The van der Waals surface area contributed by atoms with E-state index in [4.69, 9.17) is 4.74 Å². The number of aryl methyl sites for hydroxylation is 1. The third kappa shape index (κ3) is 3.44. The lowest BCUT2D eigenvalue weighted by molar-refractivity contribution is 0.102. The smallest absolute Gasteiger partial charge is 0.255 e. The number of benzene rings is 2. The second kappa shape index (κ2) is 6.63. The molecule has 3 aromatic rings. The molecule has 0 aliphatic heterocycles. The molecule has 0 unspecified atom stereocenters. The second-order valence-electron chi connectivity index (χ2n) is 5.14. The monoisotopic (exact) mass is 345 g/mol. The van der Waals surface area contributed by atoms with Gasteiger partial charge in [0.15, 0.2) is 5.82 Å². The van der Waals surface area contributed by atoms with Crippen molar-refractivity contribution < 1.29 is 18.3 Å². The average Bonchev–Trinajstić information content (AvgIpc) is 2.99. The molecule has 0 radical (unpaired) electrons. The van der Waals surface area contributed by atoms with Crippen molar-refractivity contribution in [3.05, 3.63) is 59.4 Å². The van der Waals surface area contributed by atoms with Gasteiger partial charge in [0.05, 0.1) is 7.11 Å². The van der Waals surface area contributed by atoms with E-state index in [-0.39, 0.29) is 5.56 Å². The molecule has 1 amide bonds. The molecule has 0 fully saturated rings. The highest BCUT2D eigenvalue weighted by molar-refractivity contribution is 6.04. The van der Waals surface area contributed by atoms with E-state index in [9.17, 15) is 13.6 Å². The SMILES string of the molecule is COc1ccc(NC(=O)c2cc(F)cc(F)c2)cc1-n1nnnc1C. The number of rotatable bonds is 4. The van der Waals surface area contributed by atoms with Gasteiger partial charge >= 0.3 is 0 Å². The summed E-state index contributed by atoms with van der Waals surface area (Å²) in [6.07, 6.45) is 0. The van der Waals surface area contributed by atoms with E-state index in [1.54, 1.807) is 25.1 Å². The zero-order valence-corrected chi connectivity index (χ0v) is 13.3. The lowest BCUT2D eigenvalue weighted by atomic mass is 10.2. The van der Waals surface area contributed by atoms with Crippen molar-refractivity contribution in [2.75, 3.05) is 12.4 Å². The molecule has 7 nitrogen and oxygen atoms in total. The van der Waals surface area contributed by atoms with E-state index < -0.39 is 17.5 Å². The van der Waals surface area contributed by atoms with Crippen LogP contribution in [0.1, 0.15) is 16.2 Å². The minimum atomic E-state index is -0.829. The molecule has 1 heterocycles. The molecule has 2 aromatic carbocycles. The maximum atomic E-state index is 13.3. The molecule has 0 saturated carbocycles. The van der Waals surface area contributed by atoms with Gasteiger partial charge in [0.25, 0.3) is 5.91 Å². The molecule has 3 rings (SSSR count). The fraction of sp³-hybridized carbons (Fsp3) is 0.125. The third-order valence-electron chi connectivity index (χ3n) is 3.42. The first kappa shape index (κ1) is 16.5. The molecular formula is C16H13F2N5O2. The molecule has 128 valence electrons. The van der Waals surface area contributed by atoms with Gasteiger partial charge in [-0.2, -0.15) is 4.68 Å². The summed E-state index contributed by atoms with van der Waals surface area (Å²) in [6.45, 7) is 1.71. The number of methoxy groups -OCH3 is 1. The fourth-order valence-electron chi connectivity index (χ4n) is 2.28. The van der Waals surface area contributed by atoms with Gasteiger partial charge in [-0.15, -0.1) is 5.10 Å². The van der Waals surface area contributed by atoms with Crippen LogP contribution >= 0.6 is 0 Å². The number of tetrazole rings is 1. The standard InChI is InChI=1S/C16H13F2N5O2/c1-9-20-21-22-23(9)14-8-13(3-4-15(14)25-2)19-16(24)10-5-11(17)7-12(18)6-10/h3-8H,1-2H3,(H,19,24). The van der Waals surface area contributed by atoms with Crippen LogP contribution in [-0.4, -0.2) is 33.2 Å². The minimum Gasteiger partial charge on any atom is -0.494 e. The summed E-state index contributed by atoms with van der Waals surface area (Å²) in [7, 11) is 1.49. The van der Waals surface area contributed by atoms with Crippen LogP contribution in [0.5, 0.6) is 5.75 Å². The predicted molar refractivity (Wildman–Crippen MR) is 84.8 cm³/mol. The Balaban J connectivity index is 1.93. The second-order valence-corrected chi connectivity index (χ2v) is 5.14. The highest BCUT2D eigenvalue weighted by atomic mass is 19.1. The molecule has 0 atom stereocenters. The first-order chi connectivity index (χ1) is 12.0. The van der Waals surface area contributed by atoms with E-state index in [0.29, 0.717) is 29.0 Å². The van der Waals surface area contributed by atoms with Gasteiger partial charge < -0.3 is 10.1 Å². The van der Waals surface area contributed by atoms with E-state index in [0.717, 1.165) is 12.1 Å². The highest BCUT2D eigenvalue weighted by Crippen LogP contribution is 2.26. The number of nitrogens with zero attached hydrogens (tertiary/aromatic N) is 4. The first-order valence-corrected chi connectivity index (χ1v) is 7.19. The van der Waals surface area contributed by atoms with Crippen LogP contribution in [0.2, 0.25) is 0 Å². The molecule has 1 aromatic heterocycles. The van der Waals surface area contributed by atoms with Crippen molar-refractivity contribution in [1.29, 1.82) is 0 Å². The lowest BCUT2D eigenvalue weighted by Crippen LogP contribution is -2.13. The predicted octanol–water partition coefficient (Wildman–Crippen LogP) is 2.51. The Hall–Kier alpha value is -3.36. The number of amides is 1. The van der Waals surface area contributed by atoms with Crippen molar-refractivity contribution in [2.24, 2.45) is 0 Å². The summed E-state index contributed by atoms with van der Waals surface area (Å²) in [5.74, 6) is -1.29. The van der Waals surface area contributed by atoms with Gasteiger partial charge in [0, 0.05) is 17.3 Å². The van der Waals surface area contributed by atoms with Crippen LogP contribution in [-0.2, 0) is 0 Å². The summed E-state index contributed by atoms with van der Waals surface area (Å²) < 4.78 is 33.2. The van der Waals surface area contributed by atoms with Gasteiger partial charge in [0.2, 0.25) is 0 Å². The number of carbonyl (C=O) groups is 1. The number of nitrogens with one attached hydrogen (secondary N) is 1. The first-order valence-electron chi connectivity index (χ1n) is 7.19. The molecule has 0 saturated heterocycles. The summed E-state index contributed by atoms with van der Waals surface area (Å²) >= 11 is 0. The number of ether oxygens (including phenoxy) is 1. The number of aromatic nitrogens is 4. The Bertz CT molecular complexity index is 922. The molecule has 9 heteroatoms. The van der Waals surface area contributed by atoms with E-state index in [1.165, 1.54) is 11.8 Å². The van der Waals surface area contributed by atoms with Crippen LogP contribution < -0.4 is 10.1 Å². The Morgan fingerprint density at radius 3 is 2.48 bits per heavy atom. The molecule has 0 spiro atoms. The van der Waals surface area contributed by atoms with Gasteiger partial charge in [-0.1, -0.05) is 0 Å². The van der Waals surface area contributed by atoms with E-state index in [1.807, 2.05) is 0 Å². The number of hydrogen-bond donors (Lipinski definition) is 1. The summed E-state index contributed by atoms with van der Waals surface area (Å²) in [4.78, 5) is 12.2. The summed E-state index contributed by atoms with van der Waals surface area (Å²) in [6, 6.07) is 7.41. The number of anilines is 1. The largest absolute Gasteiger partial charge is 0.494 e. The van der Waals surface area contributed by atoms with Crippen LogP contribution in [0, 0.1) is 18.6 Å². The Morgan fingerprint density at radius 2 is 1.88 bits per heavy atom. The van der Waals surface area contributed by atoms with Crippen molar-refractivity contribution >= 4 is 11.6 Å². The molecule has 0 bridgehead atoms. The van der Waals surface area contributed by atoms with Crippen LogP contribution in [0.15, 0.2) is 36.4 Å². The fourth-order valence-corrected chi connectivity index (χ4v) is 2.28. The van der Waals surface area contributed by atoms with Gasteiger partial charge in [-0.25, -0.2) is 8.78 Å². The zero-order valence-electron chi connectivity index (χ0n) is 13.3. The number of carbonyl (C=O) groups excluding carboxylic acids is 1. The molecular weight excluding hydrogens is 332 g/mol. The van der Waals surface area contributed by atoms with Crippen LogP contribution in [0.3, 0.4) is 0 Å². The van der Waals surface area contributed by atoms with Gasteiger partial charge in [0.1, 0.15) is 23.1 Å². The van der Waals surface area contributed by atoms with Crippen molar-refractivity contribution in [3.8, 4) is 11.4 Å². The maximum absolute atomic E-state index is 13.3. The lowest BCUT2D eigenvalue weighted by Gasteiger charge is -2.12. The van der Waals surface area contributed by atoms with Crippen molar-refractivity contribution in [3.63, 3.8) is 0 Å². The molecule has 1 N–H and O–H groups in total. The van der Waals surface area contributed by atoms with E-state index in [2.05, 4.69) is 20.8 Å². The Kier molecular flexibility index (Phi) is 4.38. The number of hydrogen-bond acceptors (Lipinski definition) is 5. The zero-order chi connectivity index (χ0) is 18.0. The average molecular weight is 345 g/mol. The molecule has 0 aliphatic carbocycles. The third-order valence-corrected chi connectivity index (χ3v) is 3.42.